The number of carbonyl (C=O) groups excluding carboxylic acids is 1. The summed E-state index contributed by atoms with van der Waals surface area (Å²) in [6.45, 7) is 4.08. The van der Waals surface area contributed by atoms with Crippen molar-refractivity contribution in [2.24, 2.45) is 0 Å². The summed E-state index contributed by atoms with van der Waals surface area (Å²) in [5.41, 5.74) is 0.711. The van der Waals surface area contributed by atoms with Gasteiger partial charge < -0.3 is 4.74 Å². The molecule has 86 valence electrons. The second-order valence-electron chi connectivity index (χ2n) is 3.10. The van der Waals surface area contributed by atoms with Gasteiger partial charge in [-0.15, -0.1) is 11.6 Å². The summed E-state index contributed by atoms with van der Waals surface area (Å²) in [6, 6.07) is 9.63. The second-order valence-corrected chi connectivity index (χ2v) is 3.54. The van der Waals surface area contributed by atoms with Gasteiger partial charge in [0.2, 0.25) is 0 Å². The molecule has 3 nitrogen and oxygen atoms in total. The Bertz CT molecular complexity index is 340. The molecule has 0 spiro atoms. The zero-order chi connectivity index (χ0) is 11.8. The molecule has 4 heteroatoms. The molecule has 0 aliphatic heterocycles. The Hall–Kier alpha value is -1.32. The van der Waals surface area contributed by atoms with Crippen molar-refractivity contribution in [1.82, 2.24) is 5.32 Å². The van der Waals surface area contributed by atoms with Crippen molar-refractivity contribution >= 4 is 17.6 Å². The first-order chi connectivity index (χ1) is 7.74. The molecule has 0 saturated heterocycles. The van der Waals surface area contributed by atoms with E-state index in [0.29, 0.717) is 6.54 Å². The van der Waals surface area contributed by atoms with Gasteiger partial charge in [-0.2, -0.15) is 0 Å². The van der Waals surface area contributed by atoms with Crippen molar-refractivity contribution in [2.45, 2.75) is 5.50 Å². The molecule has 16 heavy (non-hydrogen) atoms. The number of esters is 1. The summed E-state index contributed by atoms with van der Waals surface area (Å²) in [5.74, 6) is -0.423. The lowest BCUT2D eigenvalue weighted by molar-refractivity contribution is -0.137. The van der Waals surface area contributed by atoms with Gasteiger partial charge in [0.25, 0.3) is 0 Å². The first kappa shape index (κ1) is 12.7. The van der Waals surface area contributed by atoms with Crippen LogP contribution in [0.15, 0.2) is 43.0 Å². The van der Waals surface area contributed by atoms with Crippen molar-refractivity contribution < 1.29 is 9.53 Å². The monoisotopic (exact) mass is 239 g/mol. The molecule has 0 fully saturated rings. The van der Waals surface area contributed by atoms with Gasteiger partial charge in [-0.3, -0.25) is 5.32 Å². The van der Waals surface area contributed by atoms with E-state index in [2.05, 4.69) is 11.9 Å². The minimum atomic E-state index is -0.423. The van der Waals surface area contributed by atoms with Crippen molar-refractivity contribution in [1.29, 1.82) is 0 Å². The van der Waals surface area contributed by atoms with Crippen molar-refractivity contribution in [3.05, 3.63) is 48.6 Å². The molecule has 0 saturated carbocycles. The molecular weight excluding hydrogens is 226 g/mol. The predicted octanol–water partition coefficient (Wildman–Crippen LogP) is 2.24. The Balaban J connectivity index is 2.23. The number of carbonyl (C=O) groups is 1. The topological polar surface area (TPSA) is 38.3 Å². The number of nitrogens with one attached hydrogen (secondary N) is 1. The van der Waals surface area contributed by atoms with Crippen LogP contribution in [0.2, 0.25) is 0 Å². The van der Waals surface area contributed by atoms with E-state index in [1.165, 1.54) is 0 Å². The number of hydrogen-bond donors (Lipinski definition) is 1. The van der Waals surface area contributed by atoms with Crippen LogP contribution in [0.25, 0.3) is 0 Å². The van der Waals surface area contributed by atoms with E-state index in [4.69, 9.17) is 16.3 Å². The second kappa shape index (κ2) is 7.04. The molecule has 1 N–H and O–H groups in total. The van der Waals surface area contributed by atoms with Crippen LogP contribution in [-0.2, 0) is 9.53 Å². The van der Waals surface area contributed by atoms with Crippen LogP contribution in [0, 0.1) is 0 Å². The van der Waals surface area contributed by atoms with E-state index in [1.54, 1.807) is 0 Å². The third-order valence-electron chi connectivity index (χ3n) is 1.93. The first-order valence-electron chi connectivity index (χ1n) is 4.95. The van der Waals surface area contributed by atoms with Crippen LogP contribution < -0.4 is 5.32 Å². The molecule has 0 amide bonds. The molecule has 1 aromatic carbocycles. The van der Waals surface area contributed by atoms with Gasteiger partial charge in [0.05, 0.1) is 0 Å². The van der Waals surface area contributed by atoms with E-state index in [9.17, 15) is 4.79 Å². The van der Waals surface area contributed by atoms with Crippen LogP contribution in [0.4, 0.5) is 0 Å². The molecule has 0 heterocycles. The van der Waals surface area contributed by atoms with E-state index >= 15 is 0 Å². The van der Waals surface area contributed by atoms with E-state index in [1.807, 2.05) is 30.3 Å². The third-order valence-corrected chi connectivity index (χ3v) is 2.34. The highest BCUT2D eigenvalue weighted by atomic mass is 35.5. The van der Waals surface area contributed by atoms with E-state index in [-0.39, 0.29) is 12.1 Å². The fraction of sp³-hybridized carbons (Fsp3) is 0.250. The highest BCUT2D eigenvalue weighted by Crippen LogP contribution is 2.15. The fourth-order valence-corrected chi connectivity index (χ4v) is 1.39. The van der Waals surface area contributed by atoms with Gasteiger partial charge in [-0.25, -0.2) is 4.79 Å². The molecule has 0 bridgehead atoms. The average molecular weight is 240 g/mol. The lowest BCUT2D eigenvalue weighted by Crippen LogP contribution is -2.22. The molecule has 1 rings (SSSR count). The Morgan fingerprint density at radius 3 is 2.81 bits per heavy atom. The highest BCUT2D eigenvalue weighted by molar-refractivity contribution is 6.20. The van der Waals surface area contributed by atoms with E-state index < -0.39 is 5.97 Å². The largest absolute Gasteiger partial charge is 0.461 e. The summed E-state index contributed by atoms with van der Waals surface area (Å²) in [5, 5.41) is 3.03. The van der Waals surface area contributed by atoms with Crippen LogP contribution >= 0.6 is 11.6 Å². The Kier molecular flexibility index (Phi) is 5.61. The molecule has 1 unspecified atom stereocenters. The van der Waals surface area contributed by atoms with Gasteiger partial charge in [0.1, 0.15) is 12.1 Å². The van der Waals surface area contributed by atoms with Gasteiger partial charge in [0, 0.05) is 12.6 Å². The lowest BCUT2D eigenvalue weighted by atomic mass is 10.2. The number of ether oxygens (including phenoxy) is 1. The summed E-state index contributed by atoms with van der Waals surface area (Å²) < 4.78 is 4.80. The zero-order valence-corrected chi connectivity index (χ0v) is 9.61. The Morgan fingerprint density at radius 2 is 2.19 bits per heavy atom. The molecule has 0 aliphatic rings. The Labute approximate surface area is 100 Å². The first-order valence-corrected chi connectivity index (χ1v) is 5.39. The van der Waals surface area contributed by atoms with Crippen molar-refractivity contribution in [3.63, 3.8) is 0 Å². The minimum Gasteiger partial charge on any atom is -0.461 e. The quantitative estimate of drug-likeness (QED) is 0.272. The summed E-state index contributed by atoms with van der Waals surface area (Å²) in [7, 11) is 0. The highest BCUT2D eigenvalue weighted by Gasteiger charge is 2.05. The smallest absolute Gasteiger partial charge is 0.330 e. The number of alkyl halides is 1. The van der Waals surface area contributed by atoms with Crippen LogP contribution in [0.3, 0.4) is 0 Å². The Morgan fingerprint density at radius 1 is 1.50 bits per heavy atom. The maximum absolute atomic E-state index is 10.7. The predicted molar refractivity (Wildman–Crippen MR) is 64.2 cm³/mol. The number of hydrogen-bond acceptors (Lipinski definition) is 3. The molecule has 0 radical (unpaired) electrons. The van der Waals surface area contributed by atoms with Crippen molar-refractivity contribution in [2.75, 3.05) is 13.2 Å². The van der Waals surface area contributed by atoms with Gasteiger partial charge in [0.15, 0.2) is 0 Å². The summed E-state index contributed by atoms with van der Waals surface area (Å²) >= 11 is 6.08. The number of rotatable bonds is 6. The molecule has 0 aromatic heterocycles. The lowest BCUT2D eigenvalue weighted by Gasteiger charge is -2.11. The van der Waals surface area contributed by atoms with Gasteiger partial charge in [-0.05, 0) is 5.56 Å². The molecular formula is C12H14ClNO2. The van der Waals surface area contributed by atoms with Gasteiger partial charge >= 0.3 is 5.97 Å². The molecule has 1 aromatic rings. The maximum atomic E-state index is 10.7. The van der Waals surface area contributed by atoms with Gasteiger partial charge in [-0.1, -0.05) is 36.9 Å². The average Bonchev–Trinajstić information content (AvgIpc) is 2.35. The van der Waals surface area contributed by atoms with Crippen LogP contribution in [0.5, 0.6) is 0 Å². The van der Waals surface area contributed by atoms with Crippen LogP contribution in [-0.4, -0.2) is 19.1 Å². The molecule has 0 aliphatic carbocycles. The minimum absolute atomic E-state index is 0.274. The standard InChI is InChI=1S/C12H14ClNO2/c1-2-11(15)16-9-8-14-12(13)10-6-4-3-5-7-10/h2-7,12,14H,1,8-9H2. The maximum Gasteiger partial charge on any atom is 0.330 e. The van der Waals surface area contributed by atoms with Crippen LogP contribution in [0.1, 0.15) is 11.1 Å². The zero-order valence-electron chi connectivity index (χ0n) is 8.86. The summed E-state index contributed by atoms with van der Waals surface area (Å²) in [6.07, 6.45) is 1.13. The van der Waals surface area contributed by atoms with E-state index in [0.717, 1.165) is 11.6 Å². The normalized spacial score (nSPS) is 11.8. The SMILES string of the molecule is C=CC(=O)OCCNC(Cl)c1ccccc1. The third kappa shape index (κ3) is 4.47. The summed E-state index contributed by atoms with van der Waals surface area (Å²) in [4.78, 5) is 10.7. The fourth-order valence-electron chi connectivity index (χ4n) is 1.14. The number of benzene rings is 1. The number of halogens is 1. The molecule has 1 atom stereocenters. The van der Waals surface area contributed by atoms with Crippen molar-refractivity contribution in [3.8, 4) is 0 Å².